The minimum Gasteiger partial charge on any atom is -0.457 e. The van der Waals surface area contributed by atoms with Crippen LogP contribution >= 0.6 is 11.9 Å². The van der Waals surface area contributed by atoms with Gasteiger partial charge in [-0.05, 0) is 49.2 Å². The summed E-state index contributed by atoms with van der Waals surface area (Å²) < 4.78 is 5.71. The van der Waals surface area contributed by atoms with Gasteiger partial charge in [-0.3, -0.25) is 5.14 Å². The average molecular weight is 231 g/mol. The number of benzene rings is 2. The van der Waals surface area contributed by atoms with Gasteiger partial charge >= 0.3 is 0 Å². The van der Waals surface area contributed by atoms with Gasteiger partial charge in [0.2, 0.25) is 0 Å². The summed E-state index contributed by atoms with van der Waals surface area (Å²) in [4.78, 5) is 0.990. The molecule has 0 saturated carbocycles. The first-order valence-electron chi connectivity index (χ1n) is 4.99. The van der Waals surface area contributed by atoms with E-state index >= 15 is 0 Å². The summed E-state index contributed by atoms with van der Waals surface area (Å²) in [5.74, 6) is 1.64. The van der Waals surface area contributed by atoms with Crippen LogP contribution < -0.4 is 9.88 Å². The molecule has 0 spiro atoms. The highest BCUT2D eigenvalue weighted by Gasteiger charge is 1.98. The summed E-state index contributed by atoms with van der Waals surface area (Å²) >= 11 is 1.22. The highest BCUT2D eigenvalue weighted by atomic mass is 32.2. The normalized spacial score (nSPS) is 10.1. The fourth-order valence-corrected chi connectivity index (χ4v) is 1.69. The predicted molar refractivity (Wildman–Crippen MR) is 67.7 cm³/mol. The molecule has 82 valence electrons. The zero-order chi connectivity index (χ0) is 11.4. The van der Waals surface area contributed by atoms with E-state index in [4.69, 9.17) is 9.88 Å². The molecule has 0 aliphatic carbocycles. The molecule has 2 aromatic rings. The largest absolute Gasteiger partial charge is 0.457 e. The van der Waals surface area contributed by atoms with E-state index in [0.29, 0.717) is 0 Å². The Balaban J connectivity index is 2.16. The SMILES string of the molecule is Cc1ccc(Oc2cccc(SN)c2)cc1. The molecule has 0 aromatic heterocycles. The van der Waals surface area contributed by atoms with Gasteiger partial charge in [-0.2, -0.15) is 0 Å². The number of rotatable bonds is 3. The first-order chi connectivity index (χ1) is 7.78. The maximum absolute atomic E-state index is 5.71. The van der Waals surface area contributed by atoms with Crippen LogP contribution in [0.1, 0.15) is 5.56 Å². The summed E-state index contributed by atoms with van der Waals surface area (Å²) in [6, 6.07) is 15.7. The Morgan fingerprint density at radius 1 is 1.00 bits per heavy atom. The first kappa shape index (κ1) is 11.0. The molecular weight excluding hydrogens is 218 g/mol. The Morgan fingerprint density at radius 3 is 2.44 bits per heavy atom. The lowest BCUT2D eigenvalue weighted by atomic mass is 10.2. The Morgan fingerprint density at radius 2 is 1.75 bits per heavy atom. The molecule has 0 unspecified atom stereocenters. The van der Waals surface area contributed by atoms with Crippen molar-refractivity contribution in [3.8, 4) is 11.5 Å². The van der Waals surface area contributed by atoms with Crippen molar-refractivity contribution in [3.05, 3.63) is 54.1 Å². The molecule has 0 bridgehead atoms. The lowest BCUT2D eigenvalue weighted by Crippen LogP contribution is -1.85. The summed E-state index contributed by atoms with van der Waals surface area (Å²) in [6.07, 6.45) is 0. The topological polar surface area (TPSA) is 35.2 Å². The molecule has 2 nitrogen and oxygen atoms in total. The quantitative estimate of drug-likeness (QED) is 0.817. The van der Waals surface area contributed by atoms with E-state index in [2.05, 4.69) is 6.92 Å². The molecule has 0 heterocycles. The summed E-state index contributed by atoms with van der Waals surface area (Å²) in [7, 11) is 0. The van der Waals surface area contributed by atoms with E-state index in [1.165, 1.54) is 17.5 Å². The molecule has 2 aromatic carbocycles. The van der Waals surface area contributed by atoms with Gasteiger partial charge in [0.25, 0.3) is 0 Å². The number of hydrogen-bond donors (Lipinski definition) is 1. The van der Waals surface area contributed by atoms with Gasteiger partial charge in [0.05, 0.1) is 0 Å². The van der Waals surface area contributed by atoms with Gasteiger partial charge < -0.3 is 4.74 Å². The van der Waals surface area contributed by atoms with Gasteiger partial charge in [0.15, 0.2) is 0 Å². The van der Waals surface area contributed by atoms with Crippen LogP contribution in [-0.2, 0) is 0 Å². The van der Waals surface area contributed by atoms with E-state index in [1.807, 2.05) is 48.5 Å². The minimum absolute atomic E-state index is 0.805. The molecule has 2 rings (SSSR count). The third-order valence-electron chi connectivity index (χ3n) is 2.20. The zero-order valence-corrected chi connectivity index (χ0v) is 9.83. The van der Waals surface area contributed by atoms with Gasteiger partial charge in [-0.15, -0.1) is 0 Å². The Hall–Kier alpha value is -1.45. The van der Waals surface area contributed by atoms with Crippen LogP contribution in [0.3, 0.4) is 0 Å². The molecular formula is C13H13NOS. The van der Waals surface area contributed by atoms with Crippen molar-refractivity contribution in [2.24, 2.45) is 5.14 Å². The molecule has 0 atom stereocenters. The highest BCUT2D eigenvalue weighted by Crippen LogP contribution is 2.24. The van der Waals surface area contributed by atoms with E-state index in [9.17, 15) is 0 Å². The predicted octanol–water partition coefficient (Wildman–Crippen LogP) is 3.75. The van der Waals surface area contributed by atoms with E-state index in [1.54, 1.807) is 0 Å². The highest BCUT2D eigenvalue weighted by molar-refractivity contribution is 7.97. The Labute approximate surface area is 99.6 Å². The minimum atomic E-state index is 0.805. The number of ether oxygens (including phenoxy) is 1. The van der Waals surface area contributed by atoms with Crippen molar-refractivity contribution in [2.75, 3.05) is 0 Å². The van der Waals surface area contributed by atoms with Gasteiger partial charge in [-0.25, -0.2) is 0 Å². The van der Waals surface area contributed by atoms with Crippen LogP contribution in [0.15, 0.2) is 53.4 Å². The van der Waals surface area contributed by atoms with Crippen molar-refractivity contribution in [3.63, 3.8) is 0 Å². The van der Waals surface area contributed by atoms with Crippen LogP contribution in [0.2, 0.25) is 0 Å². The molecule has 0 aliphatic heterocycles. The fraction of sp³-hybridized carbons (Fsp3) is 0.0769. The lowest BCUT2D eigenvalue weighted by molar-refractivity contribution is 0.481. The van der Waals surface area contributed by atoms with Crippen molar-refractivity contribution in [1.82, 2.24) is 0 Å². The molecule has 0 saturated heterocycles. The van der Waals surface area contributed by atoms with Gasteiger partial charge in [0, 0.05) is 4.90 Å². The summed E-state index contributed by atoms with van der Waals surface area (Å²) in [6.45, 7) is 2.05. The monoisotopic (exact) mass is 231 g/mol. The third-order valence-corrected chi connectivity index (χ3v) is 2.72. The maximum Gasteiger partial charge on any atom is 0.128 e. The average Bonchev–Trinajstić information content (AvgIpc) is 2.32. The lowest BCUT2D eigenvalue weighted by Gasteiger charge is -2.06. The van der Waals surface area contributed by atoms with E-state index in [0.717, 1.165) is 16.4 Å². The summed E-state index contributed by atoms with van der Waals surface area (Å²) in [5.41, 5.74) is 1.22. The van der Waals surface area contributed by atoms with Crippen LogP contribution in [0.5, 0.6) is 11.5 Å². The second-order valence-electron chi connectivity index (χ2n) is 3.51. The van der Waals surface area contributed by atoms with E-state index in [-0.39, 0.29) is 0 Å². The molecule has 2 N–H and O–H groups in total. The number of aryl methyl sites for hydroxylation is 1. The second kappa shape index (κ2) is 5.05. The van der Waals surface area contributed by atoms with Crippen molar-refractivity contribution in [1.29, 1.82) is 0 Å². The molecule has 0 aliphatic rings. The second-order valence-corrected chi connectivity index (χ2v) is 4.21. The van der Waals surface area contributed by atoms with Crippen molar-refractivity contribution >= 4 is 11.9 Å². The van der Waals surface area contributed by atoms with Crippen LogP contribution in [0.4, 0.5) is 0 Å². The third kappa shape index (κ3) is 2.78. The van der Waals surface area contributed by atoms with Crippen molar-refractivity contribution < 1.29 is 4.74 Å². The van der Waals surface area contributed by atoms with Crippen LogP contribution in [0, 0.1) is 6.92 Å². The molecule has 0 amide bonds. The Bertz CT molecular complexity index is 468. The van der Waals surface area contributed by atoms with Gasteiger partial charge in [0.1, 0.15) is 11.5 Å². The number of nitrogens with two attached hydrogens (primary N) is 1. The first-order valence-corrected chi connectivity index (χ1v) is 5.87. The van der Waals surface area contributed by atoms with Crippen molar-refractivity contribution in [2.45, 2.75) is 11.8 Å². The number of hydrogen-bond acceptors (Lipinski definition) is 3. The fourth-order valence-electron chi connectivity index (χ4n) is 1.35. The smallest absolute Gasteiger partial charge is 0.128 e. The molecule has 0 fully saturated rings. The Kier molecular flexibility index (Phi) is 3.49. The van der Waals surface area contributed by atoms with E-state index < -0.39 is 0 Å². The van der Waals surface area contributed by atoms with Crippen LogP contribution in [0.25, 0.3) is 0 Å². The summed E-state index contributed by atoms with van der Waals surface area (Å²) in [5, 5.41) is 5.49. The molecule has 3 heteroatoms. The van der Waals surface area contributed by atoms with Gasteiger partial charge in [-0.1, -0.05) is 23.8 Å². The zero-order valence-electron chi connectivity index (χ0n) is 9.01. The molecule has 16 heavy (non-hydrogen) atoms. The standard InChI is InChI=1S/C13H13NOS/c1-10-5-7-11(8-6-10)15-12-3-2-4-13(9-12)16-14/h2-9H,14H2,1H3. The van der Waals surface area contributed by atoms with Crippen LogP contribution in [-0.4, -0.2) is 0 Å². The molecule has 0 radical (unpaired) electrons. The maximum atomic E-state index is 5.71.